The van der Waals surface area contributed by atoms with Crippen LogP contribution in [0.25, 0.3) is 0 Å². The maximum Gasteiger partial charge on any atom is 0.329 e. The molecule has 3 amide bonds. The summed E-state index contributed by atoms with van der Waals surface area (Å²) in [6, 6.07) is 2.50. The summed E-state index contributed by atoms with van der Waals surface area (Å²) in [6.45, 7) is 4.58. The number of fused-ring (bicyclic) bond motifs is 1. The first-order valence-corrected chi connectivity index (χ1v) is 9.83. The van der Waals surface area contributed by atoms with Crippen LogP contribution < -0.4 is 5.32 Å². The van der Waals surface area contributed by atoms with E-state index in [1.165, 1.54) is 6.92 Å². The molecular weight excluding hydrogens is 396 g/mol. The highest BCUT2D eigenvalue weighted by Gasteiger charge is 2.50. The second kappa shape index (κ2) is 8.37. The van der Waals surface area contributed by atoms with Crippen LogP contribution in [0.2, 0.25) is 5.02 Å². The maximum absolute atomic E-state index is 12.5. The number of nitrogens with one attached hydrogen (secondary N) is 1. The number of carbonyl (C=O) groups excluding carboxylic acids is 4. The molecular formula is C21H23ClN2O5. The van der Waals surface area contributed by atoms with E-state index in [2.05, 4.69) is 5.32 Å². The standard InChI is InChI=1S/C21H23ClN2O5/c1-11-8-12(2)18(16(22)9-11)23-17(25)10-29-21(28)13(3)24-19(26)14-6-4-5-7-15(14)20(24)27/h4-5,8-9,13-15H,6-7,10H2,1-3H3,(H,23,25)/t13-,14-,15-/m0/s1. The molecule has 0 unspecified atom stereocenters. The van der Waals surface area contributed by atoms with Crippen molar-refractivity contribution in [2.24, 2.45) is 11.8 Å². The van der Waals surface area contributed by atoms with Gasteiger partial charge >= 0.3 is 5.97 Å². The van der Waals surface area contributed by atoms with Crippen molar-refractivity contribution in [3.05, 3.63) is 40.4 Å². The van der Waals surface area contributed by atoms with E-state index in [-0.39, 0.29) is 11.8 Å². The van der Waals surface area contributed by atoms with Gasteiger partial charge in [-0.1, -0.05) is 29.8 Å². The lowest BCUT2D eigenvalue weighted by molar-refractivity contribution is -0.159. The fraction of sp³-hybridized carbons (Fsp3) is 0.429. The highest BCUT2D eigenvalue weighted by Crippen LogP contribution is 2.36. The van der Waals surface area contributed by atoms with Crippen LogP contribution in [0.15, 0.2) is 24.3 Å². The molecule has 2 aliphatic rings. The SMILES string of the molecule is Cc1cc(C)c(NC(=O)COC(=O)[C@H](C)N2C(=O)[C@H]3CC=CC[C@@H]3C2=O)c(Cl)c1. The van der Waals surface area contributed by atoms with Crippen molar-refractivity contribution >= 4 is 41.0 Å². The zero-order valence-corrected chi connectivity index (χ0v) is 17.3. The number of benzene rings is 1. The first-order valence-electron chi connectivity index (χ1n) is 9.45. The number of carbonyl (C=O) groups is 4. The Balaban J connectivity index is 1.59. The molecule has 1 aromatic rings. The van der Waals surface area contributed by atoms with Crippen molar-refractivity contribution in [2.45, 2.75) is 39.7 Å². The number of nitrogens with zero attached hydrogens (tertiary/aromatic N) is 1. The number of imide groups is 1. The van der Waals surface area contributed by atoms with E-state index in [9.17, 15) is 19.2 Å². The third kappa shape index (κ3) is 4.19. The third-order valence-electron chi connectivity index (χ3n) is 5.31. The third-order valence-corrected chi connectivity index (χ3v) is 5.61. The maximum atomic E-state index is 12.5. The van der Waals surface area contributed by atoms with Gasteiger partial charge in [0.1, 0.15) is 6.04 Å². The van der Waals surface area contributed by atoms with Gasteiger partial charge in [-0.25, -0.2) is 4.79 Å². The van der Waals surface area contributed by atoms with Crippen LogP contribution in [0, 0.1) is 25.7 Å². The number of halogens is 1. The summed E-state index contributed by atoms with van der Waals surface area (Å²) in [4.78, 5) is 50.6. The molecule has 0 aromatic heterocycles. The largest absolute Gasteiger partial charge is 0.454 e. The van der Waals surface area contributed by atoms with E-state index in [0.29, 0.717) is 23.6 Å². The molecule has 29 heavy (non-hydrogen) atoms. The summed E-state index contributed by atoms with van der Waals surface area (Å²) in [5, 5.41) is 3.01. The number of aryl methyl sites for hydroxylation is 2. The van der Waals surface area contributed by atoms with Crippen LogP contribution in [-0.4, -0.2) is 41.2 Å². The quantitative estimate of drug-likeness (QED) is 0.451. The molecule has 8 heteroatoms. The van der Waals surface area contributed by atoms with Gasteiger partial charge < -0.3 is 10.1 Å². The summed E-state index contributed by atoms with van der Waals surface area (Å²) >= 11 is 6.16. The summed E-state index contributed by atoms with van der Waals surface area (Å²) < 4.78 is 5.05. The number of anilines is 1. The van der Waals surface area contributed by atoms with Gasteiger partial charge in [-0.3, -0.25) is 19.3 Å². The van der Waals surface area contributed by atoms with E-state index < -0.39 is 36.4 Å². The minimum Gasteiger partial charge on any atom is -0.454 e. The molecule has 1 aliphatic carbocycles. The van der Waals surface area contributed by atoms with Crippen molar-refractivity contribution in [2.75, 3.05) is 11.9 Å². The predicted molar refractivity (Wildman–Crippen MR) is 107 cm³/mol. The van der Waals surface area contributed by atoms with Crippen molar-refractivity contribution < 1.29 is 23.9 Å². The summed E-state index contributed by atoms with van der Waals surface area (Å²) in [5.41, 5.74) is 2.20. The molecule has 1 aliphatic heterocycles. The predicted octanol–water partition coefficient (Wildman–Crippen LogP) is 2.78. The topological polar surface area (TPSA) is 92.8 Å². The van der Waals surface area contributed by atoms with Gasteiger partial charge in [0.15, 0.2) is 6.61 Å². The fourth-order valence-corrected chi connectivity index (χ4v) is 4.19. The molecule has 1 aromatic carbocycles. The summed E-state index contributed by atoms with van der Waals surface area (Å²) in [5.74, 6) is -2.92. The lowest BCUT2D eigenvalue weighted by Gasteiger charge is -2.21. The van der Waals surface area contributed by atoms with Crippen molar-refractivity contribution in [3.8, 4) is 0 Å². The van der Waals surface area contributed by atoms with Crippen LogP contribution in [0.5, 0.6) is 0 Å². The van der Waals surface area contributed by atoms with E-state index >= 15 is 0 Å². The van der Waals surface area contributed by atoms with E-state index in [0.717, 1.165) is 16.0 Å². The molecule has 3 rings (SSSR count). The molecule has 0 radical (unpaired) electrons. The summed E-state index contributed by atoms with van der Waals surface area (Å²) in [6.07, 6.45) is 4.74. The molecule has 3 atom stereocenters. The number of rotatable bonds is 5. The highest BCUT2D eigenvalue weighted by molar-refractivity contribution is 6.34. The van der Waals surface area contributed by atoms with Crippen molar-refractivity contribution in [3.63, 3.8) is 0 Å². The number of esters is 1. The Kier molecular flexibility index (Phi) is 6.07. The van der Waals surface area contributed by atoms with Crippen molar-refractivity contribution in [1.82, 2.24) is 4.90 Å². The number of hydrogen-bond donors (Lipinski definition) is 1. The number of likely N-dealkylation sites (tertiary alicyclic amines) is 1. The second-order valence-corrected chi connectivity index (χ2v) is 7.88. The first kappa shape index (κ1) is 21.0. The lowest BCUT2D eigenvalue weighted by atomic mass is 9.85. The van der Waals surface area contributed by atoms with E-state index in [4.69, 9.17) is 16.3 Å². The van der Waals surface area contributed by atoms with Crippen LogP contribution in [0.4, 0.5) is 5.69 Å². The van der Waals surface area contributed by atoms with Crippen LogP contribution >= 0.6 is 11.6 Å². The molecule has 1 heterocycles. The Morgan fingerprint density at radius 1 is 1.17 bits per heavy atom. The lowest BCUT2D eigenvalue weighted by Crippen LogP contribution is -2.45. The molecule has 1 saturated heterocycles. The van der Waals surface area contributed by atoms with Gasteiger partial charge in [-0.15, -0.1) is 0 Å². The number of ether oxygens (including phenoxy) is 1. The van der Waals surface area contributed by atoms with Crippen molar-refractivity contribution in [1.29, 1.82) is 0 Å². The summed E-state index contributed by atoms with van der Waals surface area (Å²) in [7, 11) is 0. The van der Waals surface area contributed by atoms with Crippen LogP contribution in [0.1, 0.15) is 30.9 Å². The molecule has 154 valence electrons. The smallest absolute Gasteiger partial charge is 0.329 e. The van der Waals surface area contributed by atoms with Gasteiger partial charge in [-0.05, 0) is 50.8 Å². The minimum absolute atomic E-state index is 0.361. The zero-order chi connectivity index (χ0) is 21.3. The van der Waals surface area contributed by atoms with Crippen LogP contribution in [0.3, 0.4) is 0 Å². The number of allylic oxidation sites excluding steroid dienone is 2. The van der Waals surface area contributed by atoms with Gasteiger partial charge in [0.05, 0.1) is 22.5 Å². The molecule has 0 saturated carbocycles. The Morgan fingerprint density at radius 2 is 1.76 bits per heavy atom. The van der Waals surface area contributed by atoms with Crippen LogP contribution in [-0.2, 0) is 23.9 Å². The average Bonchev–Trinajstić information content (AvgIpc) is 2.93. The van der Waals surface area contributed by atoms with E-state index in [1.807, 2.05) is 32.1 Å². The Hall–Kier alpha value is -2.67. The Bertz CT molecular complexity index is 861. The zero-order valence-electron chi connectivity index (χ0n) is 16.5. The molecule has 1 fully saturated rings. The second-order valence-electron chi connectivity index (χ2n) is 7.47. The highest BCUT2D eigenvalue weighted by atomic mass is 35.5. The molecule has 0 spiro atoms. The Labute approximate surface area is 174 Å². The normalized spacial score (nSPS) is 21.7. The molecule has 1 N–H and O–H groups in total. The minimum atomic E-state index is -1.09. The van der Waals surface area contributed by atoms with E-state index in [1.54, 1.807) is 6.07 Å². The van der Waals surface area contributed by atoms with Gasteiger partial charge in [-0.2, -0.15) is 0 Å². The van der Waals surface area contributed by atoms with Gasteiger partial charge in [0, 0.05) is 0 Å². The van der Waals surface area contributed by atoms with Gasteiger partial charge in [0.25, 0.3) is 5.91 Å². The van der Waals surface area contributed by atoms with Gasteiger partial charge in [0.2, 0.25) is 11.8 Å². The Morgan fingerprint density at radius 3 is 2.31 bits per heavy atom. The monoisotopic (exact) mass is 418 g/mol. The number of hydrogen-bond acceptors (Lipinski definition) is 5. The average molecular weight is 419 g/mol. The molecule has 7 nitrogen and oxygen atoms in total. The first-order chi connectivity index (χ1) is 13.7. The fourth-order valence-electron chi connectivity index (χ4n) is 3.82. The number of amides is 3. The molecule has 0 bridgehead atoms.